The van der Waals surface area contributed by atoms with Crippen LogP contribution < -0.4 is 9.64 Å². The van der Waals surface area contributed by atoms with Gasteiger partial charge in [0.25, 0.3) is 11.8 Å². The molecule has 8 nitrogen and oxygen atoms in total. The third-order valence-electron chi connectivity index (χ3n) is 5.10. The van der Waals surface area contributed by atoms with E-state index >= 15 is 0 Å². The summed E-state index contributed by atoms with van der Waals surface area (Å²) in [4.78, 5) is 52.3. The summed E-state index contributed by atoms with van der Waals surface area (Å²) in [7, 11) is 0. The first kappa shape index (κ1) is 24.7. The molecule has 1 N–H and O–H groups in total. The van der Waals surface area contributed by atoms with Gasteiger partial charge in [-0.15, -0.1) is 13.2 Å². The van der Waals surface area contributed by atoms with E-state index < -0.39 is 59.5 Å². The number of para-hydroxylation sites is 2. The van der Waals surface area contributed by atoms with Crippen LogP contribution in [0.5, 0.6) is 5.75 Å². The number of hydrogen-bond acceptors (Lipinski definition) is 5. The summed E-state index contributed by atoms with van der Waals surface area (Å²) >= 11 is 0. The van der Waals surface area contributed by atoms with Crippen molar-refractivity contribution in [2.75, 3.05) is 11.4 Å². The average Bonchev–Trinajstić information content (AvgIpc) is 2.95. The average molecular weight is 478 g/mol. The van der Waals surface area contributed by atoms with E-state index in [1.54, 1.807) is 0 Å². The molecule has 0 aliphatic carbocycles. The Kier molecular flexibility index (Phi) is 6.41. The Morgan fingerprint density at radius 2 is 1.47 bits per heavy atom. The van der Waals surface area contributed by atoms with E-state index in [0.717, 1.165) is 12.1 Å². The standard InChI is InChI=1S/C23H21F3N2O6/c1-22(2,3)18(21(32)33)28(15-10-6-7-11-16(15)34-23(24,25)26)17(29)12-27-19(30)13-8-4-5-9-14(13)20(27)31/h4-11,18H,12H2,1-3H3,(H,32,33). The Hall–Kier alpha value is -3.89. The van der Waals surface area contributed by atoms with Gasteiger partial charge in [-0.25, -0.2) is 4.79 Å². The Morgan fingerprint density at radius 3 is 1.94 bits per heavy atom. The van der Waals surface area contributed by atoms with Crippen LogP contribution in [0.2, 0.25) is 0 Å². The minimum atomic E-state index is -5.12. The van der Waals surface area contributed by atoms with Gasteiger partial charge in [-0.1, -0.05) is 45.0 Å². The third kappa shape index (κ3) is 4.87. The zero-order valence-electron chi connectivity index (χ0n) is 18.4. The fourth-order valence-corrected chi connectivity index (χ4v) is 3.75. The maximum absolute atomic E-state index is 13.4. The van der Waals surface area contributed by atoms with Gasteiger partial charge in [0.15, 0.2) is 5.75 Å². The number of carboxylic acid groups (broad SMARTS) is 1. The molecule has 0 saturated carbocycles. The molecule has 11 heteroatoms. The lowest BCUT2D eigenvalue weighted by Crippen LogP contribution is -2.55. The lowest BCUT2D eigenvalue weighted by atomic mass is 9.85. The first-order valence-electron chi connectivity index (χ1n) is 10.1. The molecule has 2 aromatic carbocycles. The molecule has 0 fully saturated rings. The minimum absolute atomic E-state index is 0.0678. The molecule has 1 atom stereocenters. The molecule has 1 heterocycles. The molecule has 0 aromatic heterocycles. The number of benzene rings is 2. The van der Waals surface area contributed by atoms with Crippen molar-refractivity contribution in [3.63, 3.8) is 0 Å². The predicted octanol–water partition coefficient (Wildman–Crippen LogP) is 3.71. The number of fused-ring (bicyclic) bond motifs is 1. The Morgan fingerprint density at radius 1 is 0.971 bits per heavy atom. The molecule has 2 aromatic rings. The Labute approximate surface area is 192 Å². The van der Waals surface area contributed by atoms with Crippen molar-refractivity contribution in [3.8, 4) is 5.75 Å². The maximum atomic E-state index is 13.4. The van der Waals surface area contributed by atoms with Crippen LogP contribution in [0.3, 0.4) is 0 Å². The molecule has 0 spiro atoms. The van der Waals surface area contributed by atoms with E-state index in [-0.39, 0.29) is 11.1 Å². The van der Waals surface area contributed by atoms with E-state index in [9.17, 15) is 37.5 Å². The van der Waals surface area contributed by atoms with Crippen LogP contribution in [-0.4, -0.2) is 52.6 Å². The molecule has 180 valence electrons. The number of anilines is 1. The molecular weight excluding hydrogens is 457 g/mol. The van der Waals surface area contributed by atoms with Crippen LogP contribution in [-0.2, 0) is 9.59 Å². The maximum Gasteiger partial charge on any atom is 0.573 e. The van der Waals surface area contributed by atoms with E-state index in [0.29, 0.717) is 9.80 Å². The second kappa shape index (κ2) is 8.81. The summed E-state index contributed by atoms with van der Waals surface area (Å²) in [5.74, 6) is -4.91. The molecule has 1 aliphatic rings. The van der Waals surface area contributed by atoms with Crippen LogP contribution in [0, 0.1) is 5.41 Å². The molecule has 0 bridgehead atoms. The highest BCUT2D eigenvalue weighted by atomic mass is 19.4. The number of halogens is 3. The Balaban J connectivity index is 2.08. The van der Waals surface area contributed by atoms with Gasteiger partial charge in [-0.3, -0.25) is 24.2 Å². The van der Waals surface area contributed by atoms with Gasteiger partial charge in [0, 0.05) is 0 Å². The highest BCUT2D eigenvalue weighted by Crippen LogP contribution is 2.38. The minimum Gasteiger partial charge on any atom is -0.480 e. The molecule has 3 amide bonds. The van der Waals surface area contributed by atoms with Gasteiger partial charge >= 0.3 is 12.3 Å². The lowest BCUT2D eigenvalue weighted by Gasteiger charge is -2.38. The van der Waals surface area contributed by atoms with Gasteiger partial charge in [-0.2, -0.15) is 0 Å². The second-order valence-electron chi connectivity index (χ2n) is 8.63. The predicted molar refractivity (Wildman–Crippen MR) is 113 cm³/mol. The van der Waals surface area contributed by atoms with Crippen molar-refractivity contribution in [2.24, 2.45) is 5.41 Å². The second-order valence-corrected chi connectivity index (χ2v) is 8.63. The number of carbonyl (C=O) groups is 4. The number of hydrogen-bond donors (Lipinski definition) is 1. The largest absolute Gasteiger partial charge is 0.573 e. The number of ether oxygens (including phenoxy) is 1. The molecule has 0 radical (unpaired) electrons. The fraction of sp³-hybridized carbons (Fsp3) is 0.304. The smallest absolute Gasteiger partial charge is 0.480 e. The van der Waals surface area contributed by atoms with E-state index in [1.807, 2.05) is 0 Å². The summed E-state index contributed by atoms with van der Waals surface area (Å²) in [6.45, 7) is 3.58. The van der Waals surface area contributed by atoms with Crippen LogP contribution in [0.1, 0.15) is 41.5 Å². The Bertz CT molecular complexity index is 1120. The zero-order chi connectivity index (χ0) is 25.4. The number of imide groups is 1. The van der Waals surface area contributed by atoms with Crippen molar-refractivity contribution in [1.82, 2.24) is 4.90 Å². The summed E-state index contributed by atoms with van der Waals surface area (Å²) in [5.41, 5.74) is -1.49. The van der Waals surface area contributed by atoms with E-state index in [2.05, 4.69) is 4.74 Å². The molecule has 3 rings (SSSR count). The molecule has 0 saturated heterocycles. The number of alkyl halides is 3. The topological polar surface area (TPSA) is 104 Å². The molecule has 34 heavy (non-hydrogen) atoms. The number of carbonyl (C=O) groups excluding carboxylic acids is 3. The van der Waals surface area contributed by atoms with Crippen molar-refractivity contribution in [2.45, 2.75) is 33.2 Å². The van der Waals surface area contributed by atoms with Crippen molar-refractivity contribution >= 4 is 29.4 Å². The van der Waals surface area contributed by atoms with E-state index in [1.165, 1.54) is 57.2 Å². The molecular formula is C23H21F3N2O6. The van der Waals surface area contributed by atoms with Crippen molar-refractivity contribution in [1.29, 1.82) is 0 Å². The summed E-state index contributed by atoms with van der Waals surface area (Å²) < 4.78 is 43.1. The number of rotatable bonds is 6. The summed E-state index contributed by atoms with van der Waals surface area (Å²) in [6, 6.07) is 8.79. The van der Waals surface area contributed by atoms with Gasteiger partial charge in [0.2, 0.25) is 5.91 Å². The first-order valence-corrected chi connectivity index (χ1v) is 10.1. The fourth-order valence-electron chi connectivity index (χ4n) is 3.75. The van der Waals surface area contributed by atoms with Gasteiger partial charge in [-0.05, 0) is 29.7 Å². The third-order valence-corrected chi connectivity index (χ3v) is 5.10. The lowest BCUT2D eigenvalue weighted by molar-refractivity contribution is -0.274. The van der Waals surface area contributed by atoms with Crippen molar-refractivity contribution in [3.05, 3.63) is 59.7 Å². The van der Waals surface area contributed by atoms with Crippen LogP contribution >= 0.6 is 0 Å². The van der Waals surface area contributed by atoms with Gasteiger partial charge in [0.1, 0.15) is 12.6 Å². The molecule has 1 unspecified atom stereocenters. The summed E-state index contributed by atoms with van der Waals surface area (Å²) in [5, 5.41) is 9.92. The number of carboxylic acids is 1. The number of amides is 3. The highest BCUT2D eigenvalue weighted by Gasteiger charge is 2.44. The number of nitrogens with zero attached hydrogens (tertiary/aromatic N) is 2. The van der Waals surface area contributed by atoms with Gasteiger partial charge in [0.05, 0.1) is 16.8 Å². The van der Waals surface area contributed by atoms with E-state index in [4.69, 9.17) is 0 Å². The first-order chi connectivity index (χ1) is 15.7. The van der Waals surface area contributed by atoms with Crippen LogP contribution in [0.25, 0.3) is 0 Å². The monoisotopic (exact) mass is 478 g/mol. The normalized spacial score (nSPS) is 14.6. The van der Waals surface area contributed by atoms with Crippen molar-refractivity contribution < 1.29 is 42.2 Å². The summed E-state index contributed by atoms with van der Waals surface area (Å²) in [6.07, 6.45) is -5.12. The van der Waals surface area contributed by atoms with Crippen LogP contribution in [0.15, 0.2) is 48.5 Å². The highest BCUT2D eigenvalue weighted by molar-refractivity contribution is 6.23. The van der Waals surface area contributed by atoms with Crippen LogP contribution in [0.4, 0.5) is 18.9 Å². The quantitative estimate of drug-likeness (QED) is 0.635. The number of aliphatic carboxylic acids is 1. The van der Waals surface area contributed by atoms with Gasteiger partial charge < -0.3 is 9.84 Å². The zero-order valence-corrected chi connectivity index (χ0v) is 18.4. The molecule has 1 aliphatic heterocycles. The SMILES string of the molecule is CC(C)(C)C(C(=O)O)N(C(=O)CN1C(=O)c2ccccc2C1=O)c1ccccc1OC(F)(F)F.